The molecule has 0 aliphatic rings. The third-order valence-electron chi connectivity index (χ3n) is 2.35. The molecule has 0 aliphatic heterocycles. The van der Waals surface area contributed by atoms with Gasteiger partial charge in [-0.3, -0.25) is 4.79 Å². The molecule has 0 fully saturated rings. The highest BCUT2D eigenvalue weighted by Gasteiger charge is 2.38. The Morgan fingerprint density at radius 3 is 2.36 bits per heavy atom. The van der Waals surface area contributed by atoms with Crippen LogP contribution in [-0.4, -0.2) is 39.0 Å². The van der Waals surface area contributed by atoms with Crippen LogP contribution >= 0.6 is 45.2 Å². The number of sulfonamides is 1. The molecular formula is C12H9F3I2NO6S-. The van der Waals surface area contributed by atoms with Gasteiger partial charge < -0.3 is 14.2 Å². The predicted octanol–water partition coefficient (Wildman–Crippen LogP) is 3.20. The Kier molecular flexibility index (Phi) is 7.88. The van der Waals surface area contributed by atoms with Crippen molar-refractivity contribution in [2.24, 2.45) is 0 Å². The van der Waals surface area contributed by atoms with Crippen molar-refractivity contribution in [3.63, 3.8) is 0 Å². The van der Waals surface area contributed by atoms with E-state index in [4.69, 9.17) is 9.47 Å². The van der Waals surface area contributed by atoms with Crippen molar-refractivity contribution in [2.45, 2.75) is 12.4 Å². The minimum atomic E-state index is -5.64. The summed E-state index contributed by atoms with van der Waals surface area (Å²) in [6, 6.07) is 2.98. The second-order valence-corrected chi connectivity index (χ2v) is 8.35. The van der Waals surface area contributed by atoms with Crippen LogP contribution < -0.4 is 4.74 Å². The van der Waals surface area contributed by atoms with Crippen LogP contribution in [0.5, 0.6) is 5.75 Å². The fourth-order valence-electron chi connectivity index (χ4n) is 1.41. The van der Waals surface area contributed by atoms with E-state index in [1.165, 1.54) is 6.07 Å². The topological polar surface area (TPSA) is 101 Å². The zero-order valence-electron chi connectivity index (χ0n) is 12.3. The van der Waals surface area contributed by atoms with Crippen molar-refractivity contribution in [3.8, 4) is 5.75 Å². The number of alkyl halides is 3. The van der Waals surface area contributed by atoms with Crippen LogP contribution in [0.2, 0.25) is 0 Å². The summed E-state index contributed by atoms with van der Waals surface area (Å²) in [7, 11) is -5.64. The summed E-state index contributed by atoms with van der Waals surface area (Å²) in [5.74, 6) is -1.73. The molecule has 0 bridgehead atoms. The Hall–Kier alpha value is -0.680. The number of nitrogens with zero attached hydrogens (tertiary/aromatic N) is 1. The molecule has 0 saturated heterocycles. The molecule has 0 aliphatic carbocycles. The third-order valence-corrected chi connectivity index (χ3v) is 4.88. The molecule has 0 unspecified atom stereocenters. The molecule has 0 heterocycles. The quantitative estimate of drug-likeness (QED) is 0.214. The van der Waals surface area contributed by atoms with Crippen LogP contribution in [0, 0.1) is 7.14 Å². The maximum atomic E-state index is 12.1. The Bertz CT molecular complexity index is 782. The molecular weight excluding hydrogens is 597 g/mol. The molecule has 0 saturated carbocycles. The normalized spacial score (nSPS) is 11.9. The second kappa shape index (κ2) is 8.81. The molecule has 1 rings (SSSR count). The molecule has 0 N–H and O–H groups in total. The molecule has 1 aromatic rings. The van der Waals surface area contributed by atoms with Gasteiger partial charge >= 0.3 is 17.4 Å². The highest BCUT2D eigenvalue weighted by Crippen LogP contribution is 2.30. The summed E-state index contributed by atoms with van der Waals surface area (Å²) in [4.78, 5) is 23.2. The number of ether oxygens (including phenoxy) is 2. The van der Waals surface area contributed by atoms with Gasteiger partial charge in [0.25, 0.3) is 0 Å². The van der Waals surface area contributed by atoms with Gasteiger partial charge in [0.2, 0.25) is 0 Å². The summed E-state index contributed by atoms with van der Waals surface area (Å²) in [6.07, 6.45) is 0. The number of halogens is 5. The third kappa shape index (κ3) is 6.52. The van der Waals surface area contributed by atoms with E-state index in [9.17, 15) is 31.2 Å². The van der Waals surface area contributed by atoms with E-state index < -0.39 is 40.6 Å². The van der Waals surface area contributed by atoms with E-state index in [0.717, 1.165) is 6.92 Å². The first-order chi connectivity index (χ1) is 11.3. The largest absolute Gasteiger partial charge is 0.538 e. The van der Waals surface area contributed by atoms with Crippen LogP contribution in [0.15, 0.2) is 12.1 Å². The summed E-state index contributed by atoms with van der Waals surface area (Å²) in [5, 5.41) is 0. The smallest absolute Gasteiger partial charge is 0.480 e. The van der Waals surface area contributed by atoms with Crippen molar-refractivity contribution in [1.82, 2.24) is 0 Å². The highest BCUT2D eigenvalue weighted by atomic mass is 127. The summed E-state index contributed by atoms with van der Waals surface area (Å²) < 4.78 is 71.0. The number of rotatable bonds is 6. The fourth-order valence-corrected chi connectivity index (χ4v) is 3.82. The van der Waals surface area contributed by atoms with E-state index in [-0.39, 0.29) is 11.3 Å². The fraction of sp³-hybridized carbons (Fsp3) is 0.333. The lowest BCUT2D eigenvalue weighted by molar-refractivity contribution is -0.131. The molecule has 0 spiro atoms. The van der Waals surface area contributed by atoms with E-state index >= 15 is 0 Å². The van der Waals surface area contributed by atoms with Crippen LogP contribution in [0.4, 0.5) is 13.2 Å². The molecule has 0 aromatic heterocycles. The number of carbonyl (C=O) groups excluding carboxylic acids is 2. The first-order valence-corrected chi connectivity index (χ1v) is 9.79. The van der Waals surface area contributed by atoms with Crippen LogP contribution in [0.1, 0.15) is 17.3 Å². The van der Waals surface area contributed by atoms with Crippen molar-refractivity contribution in [3.05, 3.63) is 29.6 Å². The SMILES string of the molecule is CC(=O)Oc1c(I)cc(I)cc1C(=O)OCC[N-]S(=O)(=O)C(F)(F)F. The lowest BCUT2D eigenvalue weighted by atomic mass is 10.2. The van der Waals surface area contributed by atoms with Crippen molar-refractivity contribution < 1.29 is 40.7 Å². The van der Waals surface area contributed by atoms with Crippen LogP contribution in [-0.2, 0) is 19.6 Å². The van der Waals surface area contributed by atoms with Gasteiger partial charge in [-0.05, 0) is 57.3 Å². The average molecular weight is 606 g/mol. The minimum Gasteiger partial charge on any atom is -0.538 e. The van der Waals surface area contributed by atoms with E-state index in [1.54, 1.807) is 6.07 Å². The molecule has 1 aromatic carbocycles. The molecule has 13 heteroatoms. The summed E-state index contributed by atoms with van der Waals surface area (Å²) in [5.41, 5.74) is -5.63. The lowest BCUT2D eigenvalue weighted by Gasteiger charge is -2.21. The number of hydrogen-bond acceptors (Lipinski definition) is 6. The monoisotopic (exact) mass is 606 g/mol. The number of esters is 2. The predicted molar refractivity (Wildman–Crippen MR) is 96.7 cm³/mol. The van der Waals surface area contributed by atoms with E-state index in [2.05, 4.69) is 4.72 Å². The molecule has 25 heavy (non-hydrogen) atoms. The summed E-state index contributed by atoms with van der Waals surface area (Å²) in [6.45, 7) is -0.461. The van der Waals surface area contributed by atoms with Crippen molar-refractivity contribution in [1.29, 1.82) is 0 Å². The first kappa shape index (κ1) is 22.4. The van der Waals surface area contributed by atoms with Gasteiger partial charge in [0.1, 0.15) is 5.56 Å². The number of carbonyl (C=O) groups is 2. The van der Waals surface area contributed by atoms with Crippen LogP contribution in [0.25, 0.3) is 4.72 Å². The Labute approximate surface area is 168 Å². The molecule has 0 amide bonds. The second-order valence-electron chi connectivity index (χ2n) is 4.27. The van der Waals surface area contributed by atoms with Gasteiger partial charge in [-0.25, -0.2) is 13.2 Å². The molecule has 0 radical (unpaired) electrons. The average Bonchev–Trinajstić information content (AvgIpc) is 2.44. The van der Waals surface area contributed by atoms with Crippen LogP contribution in [0.3, 0.4) is 0 Å². The maximum absolute atomic E-state index is 12.1. The molecule has 7 nitrogen and oxygen atoms in total. The highest BCUT2D eigenvalue weighted by molar-refractivity contribution is 14.1. The van der Waals surface area contributed by atoms with Crippen molar-refractivity contribution in [2.75, 3.05) is 13.2 Å². The Morgan fingerprint density at radius 2 is 1.84 bits per heavy atom. The number of benzene rings is 1. The Morgan fingerprint density at radius 1 is 1.24 bits per heavy atom. The lowest BCUT2D eigenvalue weighted by Crippen LogP contribution is -2.23. The standard InChI is InChI=1S/C12H9F3I2NO6S/c1-6(19)24-10-8(4-7(16)5-9(10)17)11(20)23-3-2-18-25(21,22)12(13,14)15/h4-5H,2-3H2,1H3/q-1. The Balaban J connectivity index is 2.80. The van der Waals surface area contributed by atoms with Gasteiger partial charge in [0.05, 0.1) is 10.2 Å². The van der Waals surface area contributed by atoms with Gasteiger partial charge in [0.15, 0.2) is 15.8 Å². The number of hydrogen-bond donors (Lipinski definition) is 0. The van der Waals surface area contributed by atoms with E-state index in [0.29, 0.717) is 7.14 Å². The van der Waals surface area contributed by atoms with Gasteiger partial charge in [-0.1, -0.05) is 0 Å². The van der Waals surface area contributed by atoms with Gasteiger partial charge in [0, 0.05) is 10.5 Å². The molecule has 140 valence electrons. The first-order valence-electron chi connectivity index (χ1n) is 6.20. The summed E-state index contributed by atoms with van der Waals surface area (Å²) >= 11 is 3.73. The molecule has 0 atom stereocenters. The zero-order valence-corrected chi connectivity index (χ0v) is 17.4. The van der Waals surface area contributed by atoms with Gasteiger partial charge in [-0.15, -0.1) is 6.54 Å². The van der Waals surface area contributed by atoms with Crippen molar-refractivity contribution >= 4 is 67.1 Å². The van der Waals surface area contributed by atoms with E-state index in [1.807, 2.05) is 45.2 Å². The maximum Gasteiger partial charge on any atom is 0.480 e. The zero-order chi connectivity index (χ0) is 19.4. The minimum absolute atomic E-state index is 0.0571. The van der Waals surface area contributed by atoms with Gasteiger partial charge in [-0.2, -0.15) is 13.2 Å².